The molecule has 3 aromatic carbocycles. The van der Waals surface area contributed by atoms with Crippen LogP contribution in [-0.2, 0) is 4.79 Å². The van der Waals surface area contributed by atoms with Crippen molar-refractivity contribution < 1.29 is 23.9 Å². The molecule has 0 amide bonds. The highest BCUT2D eigenvalue weighted by Gasteiger charge is 2.32. The summed E-state index contributed by atoms with van der Waals surface area (Å²) in [5.74, 6) is -0.391. The maximum Gasteiger partial charge on any atom is 0.349 e. The van der Waals surface area contributed by atoms with E-state index in [-0.39, 0.29) is 35.2 Å². The second kappa shape index (κ2) is 9.57. The zero-order valence-electron chi connectivity index (χ0n) is 19.0. The van der Waals surface area contributed by atoms with Crippen molar-refractivity contribution in [2.45, 2.75) is 19.8 Å². The van der Waals surface area contributed by atoms with Crippen LogP contribution in [0.2, 0.25) is 0 Å². The van der Waals surface area contributed by atoms with E-state index in [0.29, 0.717) is 16.9 Å². The highest BCUT2D eigenvalue weighted by molar-refractivity contribution is 5.74. The predicted molar refractivity (Wildman–Crippen MR) is 126 cm³/mol. The van der Waals surface area contributed by atoms with E-state index in [1.54, 1.807) is 30.3 Å². The highest BCUT2D eigenvalue weighted by atomic mass is 16.6. The number of hydrogen-bond donors (Lipinski definition) is 1. The third-order valence-corrected chi connectivity index (χ3v) is 5.67. The number of hydrogen-bond acceptors (Lipinski definition) is 8. The van der Waals surface area contributed by atoms with Gasteiger partial charge in [-0.1, -0.05) is 24.3 Å². The van der Waals surface area contributed by atoms with Gasteiger partial charge in [-0.25, -0.2) is 4.79 Å². The van der Waals surface area contributed by atoms with Gasteiger partial charge in [-0.3, -0.25) is 10.1 Å². The Labute approximate surface area is 201 Å². The monoisotopic (exact) mass is 471 g/mol. The fourth-order valence-corrected chi connectivity index (χ4v) is 3.77. The number of carbonyl (C=O) groups is 1. The number of esters is 1. The number of rotatable bonds is 6. The van der Waals surface area contributed by atoms with Crippen LogP contribution in [0, 0.1) is 35.3 Å². The third-order valence-electron chi connectivity index (χ3n) is 5.67. The first-order valence-electron chi connectivity index (χ1n) is 10.6. The van der Waals surface area contributed by atoms with E-state index in [2.05, 4.69) is 0 Å². The Bertz CT molecular complexity index is 1410. The molecule has 1 aliphatic rings. The number of nitrogens with two attached hydrogens (primary N) is 1. The molecule has 35 heavy (non-hydrogen) atoms. The molecule has 0 spiro atoms. The molecule has 1 aliphatic heterocycles. The van der Waals surface area contributed by atoms with Crippen LogP contribution in [0.25, 0.3) is 0 Å². The van der Waals surface area contributed by atoms with Crippen molar-refractivity contribution in [1.82, 2.24) is 0 Å². The van der Waals surface area contributed by atoms with Crippen molar-refractivity contribution in [2.24, 2.45) is 5.73 Å². The Morgan fingerprint density at radius 1 is 1.11 bits per heavy atom. The molecule has 9 nitrogen and oxygen atoms in total. The highest BCUT2D eigenvalue weighted by Crippen LogP contribution is 2.43. The summed E-state index contributed by atoms with van der Waals surface area (Å²) < 4.78 is 16.5. The number of non-ortho nitro benzene ring substituents is 1. The number of benzene rings is 3. The van der Waals surface area contributed by atoms with Crippen LogP contribution < -0.4 is 19.9 Å². The van der Waals surface area contributed by atoms with Crippen LogP contribution in [0.3, 0.4) is 0 Å². The molecule has 0 saturated carbocycles. The van der Waals surface area contributed by atoms with E-state index >= 15 is 0 Å². The average molecular weight is 471 g/mol. The second-order valence-electron chi connectivity index (χ2n) is 7.99. The summed E-state index contributed by atoms with van der Waals surface area (Å²) in [5.41, 5.74) is 9.24. The molecule has 0 radical (unpaired) electrons. The molecule has 176 valence electrons. The van der Waals surface area contributed by atoms with E-state index in [9.17, 15) is 20.2 Å². The largest absolute Gasteiger partial charge is 0.482 e. The topological polar surface area (TPSA) is 138 Å². The van der Waals surface area contributed by atoms with E-state index in [4.69, 9.17) is 19.9 Å². The minimum absolute atomic E-state index is 0.110. The first-order chi connectivity index (χ1) is 16.8. The Kier molecular flexibility index (Phi) is 6.38. The van der Waals surface area contributed by atoms with Crippen LogP contribution in [0.15, 0.2) is 72.1 Å². The maximum atomic E-state index is 12.3. The van der Waals surface area contributed by atoms with Crippen LogP contribution in [-0.4, -0.2) is 17.5 Å². The van der Waals surface area contributed by atoms with Crippen LogP contribution in [0.4, 0.5) is 5.69 Å². The van der Waals surface area contributed by atoms with Crippen molar-refractivity contribution in [3.8, 4) is 23.3 Å². The quantitative estimate of drug-likeness (QED) is 0.241. The van der Waals surface area contributed by atoms with Gasteiger partial charge in [-0.05, 0) is 48.7 Å². The van der Waals surface area contributed by atoms with Gasteiger partial charge in [0.05, 0.1) is 10.8 Å². The van der Waals surface area contributed by atoms with Gasteiger partial charge < -0.3 is 19.9 Å². The zero-order chi connectivity index (χ0) is 25.1. The van der Waals surface area contributed by atoms with Gasteiger partial charge in [0.15, 0.2) is 6.61 Å². The minimum Gasteiger partial charge on any atom is -0.482 e. The normalized spacial score (nSPS) is 14.4. The zero-order valence-corrected chi connectivity index (χ0v) is 19.0. The molecule has 2 N–H and O–H groups in total. The number of allylic oxidation sites excluding steroid dienone is 1. The molecule has 0 aliphatic carbocycles. The van der Waals surface area contributed by atoms with Gasteiger partial charge in [-0.2, -0.15) is 5.26 Å². The summed E-state index contributed by atoms with van der Waals surface area (Å²) in [6.07, 6.45) is 0. The number of aryl methyl sites for hydroxylation is 2. The van der Waals surface area contributed by atoms with Gasteiger partial charge in [0.1, 0.15) is 28.9 Å². The summed E-state index contributed by atoms with van der Waals surface area (Å²) in [6.45, 7) is 3.64. The number of ether oxygens (including phenoxy) is 3. The lowest BCUT2D eigenvalue weighted by atomic mass is 9.83. The first-order valence-corrected chi connectivity index (χ1v) is 10.6. The number of fused-ring (bicyclic) bond motifs is 1. The molecular formula is C26H21N3O6. The molecule has 3 aromatic rings. The Morgan fingerprint density at radius 2 is 1.89 bits per heavy atom. The molecule has 9 heteroatoms. The third kappa shape index (κ3) is 4.91. The molecule has 0 aromatic heterocycles. The average Bonchev–Trinajstić information content (AvgIpc) is 2.84. The Balaban J connectivity index is 1.56. The molecule has 0 fully saturated rings. The number of nitro benzene ring substituents is 1. The number of nitrogens with zero attached hydrogens (tertiary/aromatic N) is 2. The fraction of sp³-hybridized carbons (Fsp3) is 0.154. The lowest BCUT2D eigenvalue weighted by Crippen LogP contribution is -2.21. The second-order valence-corrected chi connectivity index (χ2v) is 7.99. The van der Waals surface area contributed by atoms with E-state index < -0.39 is 16.8 Å². The summed E-state index contributed by atoms with van der Waals surface area (Å²) in [7, 11) is 0. The smallest absolute Gasteiger partial charge is 0.349 e. The molecule has 1 unspecified atom stereocenters. The Morgan fingerprint density at radius 3 is 2.60 bits per heavy atom. The van der Waals surface area contributed by atoms with E-state index in [1.165, 1.54) is 18.2 Å². The maximum absolute atomic E-state index is 12.3. The van der Waals surface area contributed by atoms with Crippen molar-refractivity contribution in [1.29, 1.82) is 5.26 Å². The van der Waals surface area contributed by atoms with Gasteiger partial charge in [0.25, 0.3) is 5.69 Å². The molecule has 4 rings (SSSR count). The van der Waals surface area contributed by atoms with E-state index in [1.807, 2.05) is 32.0 Å². The molecule has 1 atom stereocenters. The van der Waals surface area contributed by atoms with Crippen LogP contribution in [0.1, 0.15) is 28.2 Å². The number of carbonyl (C=O) groups excluding carboxylic acids is 1. The minimum atomic E-state index is -0.679. The number of nitriles is 1. The lowest BCUT2D eigenvalue weighted by Gasteiger charge is -2.26. The van der Waals surface area contributed by atoms with Gasteiger partial charge in [0, 0.05) is 23.8 Å². The first kappa shape index (κ1) is 23.3. The predicted octanol–water partition coefficient (Wildman–Crippen LogP) is 4.41. The molecule has 0 saturated heterocycles. The molecule has 1 heterocycles. The van der Waals surface area contributed by atoms with Crippen LogP contribution in [0.5, 0.6) is 17.2 Å². The van der Waals surface area contributed by atoms with Crippen molar-refractivity contribution in [2.75, 3.05) is 6.61 Å². The van der Waals surface area contributed by atoms with Crippen molar-refractivity contribution in [3.05, 3.63) is 104 Å². The number of nitro groups is 1. The summed E-state index contributed by atoms with van der Waals surface area (Å²) in [6, 6.07) is 18.2. The van der Waals surface area contributed by atoms with Crippen molar-refractivity contribution >= 4 is 11.7 Å². The summed E-state index contributed by atoms with van der Waals surface area (Å²) in [4.78, 5) is 23.1. The fourth-order valence-electron chi connectivity index (χ4n) is 3.77. The van der Waals surface area contributed by atoms with Crippen molar-refractivity contribution in [3.63, 3.8) is 0 Å². The van der Waals surface area contributed by atoms with Gasteiger partial charge in [-0.15, -0.1) is 0 Å². The van der Waals surface area contributed by atoms with Gasteiger partial charge >= 0.3 is 5.97 Å². The standard InChI is InChI=1S/C26H21N3O6/c1-15-6-7-19(10-16(15)2)33-14-24(30)34-20-8-9-21-23(12-20)35-26(28)22(13-27)25(21)17-4-3-5-18(11-17)29(31)32/h3-12,25H,14,28H2,1-2H3. The summed E-state index contributed by atoms with van der Waals surface area (Å²) in [5, 5.41) is 20.9. The molecular weight excluding hydrogens is 450 g/mol. The Hall–Kier alpha value is -4.84. The lowest BCUT2D eigenvalue weighted by molar-refractivity contribution is -0.384. The van der Waals surface area contributed by atoms with Crippen LogP contribution >= 0.6 is 0 Å². The van der Waals surface area contributed by atoms with Gasteiger partial charge in [0.2, 0.25) is 5.88 Å². The van der Waals surface area contributed by atoms with E-state index in [0.717, 1.165) is 11.1 Å². The molecule has 0 bridgehead atoms. The summed E-state index contributed by atoms with van der Waals surface area (Å²) >= 11 is 0. The SMILES string of the molecule is Cc1ccc(OCC(=O)Oc2ccc3c(c2)OC(N)=C(C#N)C3c2cccc([N+](=O)[O-])c2)cc1C.